The molecule has 0 spiro atoms. The minimum absolute atomic E-state index is 0.0761. The number of carbonyl (C=O) groups is 1. The van der Waals surface area contributed by atoms with E-state index in [1.54, 1.807) is 34.8 Å². The number of ether oxygens (including phenoxy) is 1. The van der Waals surface area contributed by atoms with Gasteiger partial charge in [-0.1, -0.05) is 29.8 Å². The Balaban J connectivity index is 1.78. The normalized spacial score (nSPS) is 16.8. The molecule has 1 aliphatic rings. The second kappa shape index (κ2) is 7.66. The molecule has 0 aliphatic carbocycles. The molecule has 132 valence electrons. The molecule has 1 aromatic carbocycles. The lowest BCUT2D eigenvalue weighted by Crippen LogP contribution is -2.38. The van der Waals surface area contributed by atoms with E-state index in [0.29, 0.717) is 13.1 Å². The van der Waals surface area contributed by atoms with E-state index in [1.165, 1.54) is 0 Å². The van der Waals surface area contributed by atoms with Crippen LogP contribution in [0, 0.1) is 6.92 Å². The first-order valence-corrected chi connectivity index (χ1v) is 8.66. The molecule has 0 bridgehead atoms. The number of aromatic nitrogens is 1. The van der Waals surface area contributed by atoms with Crippen molar-refractivity contribution in [1.29, 1.82) is 0 Å². The number of aryl methyl sites for hydroxylation is 1. The first-order valence-electron chi connectivity index (χ1n) is 8.66. The van der Waals surface area contributed by atoms with Gasteiger partial charge in [-0.3, -0.25) is 9.59 Å². The number of hydrogen-bond acceptors (Lipinski definition) is 3. The zero-order chi connectivity index (χ0) is 17.8. The Morgan fingerprint density at radius 3 is 2.88 bits per heavy atom. The molecule has 0 unspecified atom stereocenters. The Kier molecular flexibility index (Phi) is 5.34. The number of hydrogen-bond donors (Lipinski definition) is 0. The molecule has 2 heterocycles. The highest BCUT2D eigenvalue weighted by molar-refractivity contribution is 5.93. The number of rotatable bonds is 5. The monoisotopic (exact) mass is 340 g/mol. The average Bonchev–Trinajstić information content (AvgIpc) is 3.09. The average molecular weight is 340 g/mol. The zero-order valence-corrected chi connectivity index (χ0v) is 14.8. The van der Waals surface area contributed by atoms with Crippen LogP contribution in [0.15, 0.2) is 47.4 Å². The van der Waals surface area contributed by atoms with Crippen molar-refractivity contribution in [3.05, 3.63) is 69.6 Å². The molecule has 2 aromatic rings. The molecule has 1 atom stereocenters. The van der Waals surface area contributed by atoms with Crippen molar-refractivity contribution in [3.63, 3.8) is 0 Å². The number of likely N-dealkylation sites (N-methyl/N-ethyl adjacent to an activating group) is 1. The van der Waals surface area contributed by atoms with Gasteiger partial charge in [0.2, 0.25) is 0 Å². The van der Waals surface area contributed by atoms with E-state index in [0.717, 1.165) is 30.6 Å². The smallest absolute Gasteiger partial charge is 0.263 e. The van der Waals surface area contributed by atoms with E-state index in [2.05, 4.69) is 0 Å². The summed E-state index contributed by atoms with van der Waals surface area (Å²) in [5, 5.41) is 0. The van der Waals surface area contributed by atoms with Crippen LogP contribution in [-0.4, -0.2) is 41.7 Å². The standard InChI is InChI=1S/C20H24N2O3/c1-15-6-3-7-16(12-15)13-22-10-4-9-18(20(22)24)19(23)21(2)14-17-8-5-11-25-17/h3-4,6-7,9-10,12,17H,5,8,11,13-14H2,1-2H3/t17-/m0/s1. The van der Waals surface area contributed by atoms with Crippen LogP contribution in [0.3, 0.4) is 0 Å². The fourth-order valence-electron chi connectivity index (χ4n) is 3.21. The van der Waals surface area contributed by atoms with Crippen molar-refractivity contribution in [2.45, 2.75) is 32.4 Å². The summed E-state index contributed by atoms with van der Waals surface area (Å²) in [6.45, 7) is 3.75. The second-order valence-electron chi connectivity index (χ2n) is 6.66. The number of nitrogens with zero attached hydrogens (tertiary/aromatic N) is 2. The van der Waals surface area contributed by atoms with Crippen LogP contribution in [0.25, 0.3) is 0 Å². The fraction of sp³-hybridized carbons (Fsp3) is 0.400. The Hall–Kier alpha value is -2.40. The molecule has 5 nitrogen and oxygen atoms in total. The molecule has 1 aliphatic heterocycles. The lowest BCUT2D eigenvalue weighted by atomic mass is 10.1. The van der Waals surface area contributed by atoms with Crippen molar-refractivity contribution in [3.8, 4) is 0 Å². The van der Waals surface area contributed by atoms with E-state index in [-0.39, 0.29) is 23.1 Å². The molecule has 5 heteroatoms. The summed E-state index contributed by atoms with van der Waals surface area (Å²) in [6, 6.07) is 11.4. The van der Waals surface area contributed by atoms with Crippen LogP contribution in [0.1, 0.15) is 34.3 Å². The Bertz CT molecular complexity index is 807. The Labute approximate surface area is 147 Å². The van der Waals surface area contributed by atoms with Crippen molar-refractivity contribution >= 4 is 5.91 Å². The molecule has 3 rings (SSSR count). The molecule has 1 fully saturated rings. The molecule has 1 saturated heterocycles. The summed E-state index contributed by atoms with van der Waals surface area (Å²) in [7, 11) is 1.72. The second-order valence-corrected chi connectivity index (χ2v) is 6.66. The van der Waals surface area contributed by atoms with Gasteiger partial charge in [-0.2, -0.15) is 0 Å². The van der Waals surface area contributed by atoms with Gasteiger partial charge >= 0.3 is 0 Å². The van der Waals surface area contributed by atoms with Gasteiger partial charge in [0.05, 0.1) is 12.6 Å². The molecule has 0 saturated carbocycles. The molecule has 25 heavy (non-hydrogen) atoms. The minimum atomic E-state index is -0.256. The van der Waals surface area contributed by atoms with E-state index in [9.17, 15) is 9.59 Å². The number of pyridine rings is 1. The molecule has 0 radical (unpaired) electrons. The topological polar surface area (TPSA) is 51.5 Å². The van der Waals surface area contributed by atoms with Crippen molar-refractivity contribution in [2.75, 3.05) is 20.2 Å². The van der Waals surface area contributed by atoms with Crippen LogP contribution < -0.4 is 5.56 Å². The van der Waals surface area contributed by atoms with E-state index < -0.39 is 0 Å². The number of benzene rings is 1. The van der Waals surface area contributed by atoms with Gasteiger partial charge in [-0.25, -0.2) is 0 Å². The summed E-state index contributed by atoms with van der Waals surface area (Å²) >= 11 is 0. The van der Waals surface area contributed by atoms with Crippen LogP contribution in [0.5, 0.6) is 0 Å². The van der Waals surface area contributed by atoms with E-state index >= 15 is 0 Å². The summed E-state index contributed by atoms with van der Waals surface area (Å²) in [6.07, 6.45) is 3.79. The lowest BCUT2D eigenvalue weighted by molar-refractivity contribution is 0.0585. The van der Waals surface area contributed by atoms with Gasteiger partial charge in [-0.05, 0) is 37.5 Å². The molecule has 1 amide bonds. The Morgan fingerprint density at radius 1 is 1.32 bits per heavy atom. The first-order chi connectivity index (χ1) is 12.0. The fourth-order valence-corrected chi connectivity index (χ4v) is 3.21. The van der Waals surface area contributed by atoms with Crippen LogP contribution in [0.2, 0.25) is 0 Å². The van der Waals surface area contributed by atoms with Gasteiger partial charge in [-0.15, -0.1) is 0 Å². The van der Waals surface area contributed by atoms with Crippen LogP contribution >= 0.6 is 0 Å². The van der Waals surface area contributed by atoms with Gasteiger partial charge in [0.25, 0.3) is 11.5 Å². The lowest BCUT2D eigenvalue weighted by Gasteiger charge is -2.21. The maximum Gasteiger partial charge on any atom is 0.263 e. The maximum atomic E-state index is 12.7. The molecule has 1 aromatic heterocycles. The summed E-state index contributed by atoms with van der Waals surface area (Å²) in [5.41, 5.74) is 2.14. The summed E-state index contributed by atoms with van der Waals surface area (Å²) in [5.74, 6) is -0.251. The van der Waals surface area contributed by atoms with Crippen molar-refractivity contribution in [2.24, 2.45) is 0 Å². The highest BCUT2D eigenvalue weighted by Crippen LogP contribution is 2.13. The molecule has 0 N–H and O–H groups in total. The zero-order valence-electron chi connectivity index (χ0n) is 14.8. The number of carbonyl (C=O) groups excluding carboxylic acids is 1. The minimum Gasteiger partial charge on any atom is -0.376 e. The van der Waals surface area contributed by atoms with Gasteiger partial charge in [0, 0.05) is 26.4 Å². The van der Waals surface area contributed by atoms with Gasteiger partial charge in [0.15, 0.2) is 0 Å². The third-order valence-electron chi connectivity index (χ3n) is 4.53. The highest BCUT2D eigenvalue weighted by Gasteiger charge is 2.22. The van der Waals surface area contributed by atoms with Crippen LogP contribution in [-0.2, 0) is 11.3 Å². The predicted octanol–water partition coefficient (Wildman–Crippen LogP) is 2.46. The van der Waals surface area contributed by atoms with E-state index in [4.69, 9.17) is 4.74 Å². The predicted molar refractivity (Wildman–Crippen MR) is 96.9 cm³/mol. The maximum absolute atomic E-state index is 12.7. The van der Waals surface area contributed by atoms with E-state index in [1.807, 2.05) is 31.2 Å². The third kappa shape index (κ3) is 4.17. The SMILES string of the molecule is Cc1cccc(Cn2cccc(C(=O)N(C)C[C@@H]3CCCO3)c2=O)c1. The highest BCUT2D eigenvalue weighted by atomic mass is 16.5. The molecular formula is C20H24N2O3. The Morgan fingerprint density at radius 2 is 2.16 bits per heavy atom. The largest absolute Gasteiger partial charge is 0.376 e. The number of amides is 1. The van der Waals surface area contributed by atoms with Crippen LogP contribution in [0.4, 0.5) is 0 Å². The van der Waals surface area contributed by atoms with Crippen molar-refractivity contribution < 1.29 is 9.53 Å². The van der Waals surface area contributed by atoms with Gasteiger partial charge < -0.3 is 14.2 Å². The third-order valence-corrected chi connectivity index (χ3v) is 4.53. The van der Waals surface area contributed by atoms with Gasteiger partial charge in [0.1, 0.15) is 5.56 Å². The molecular weight excluding hydrogens is 316 g/mol. The first kappa shape index (κ1) is 17.4. The summed E-state index contributed by atoms with van der Waals surface area (Å²) in [4.78, 5) is 27.0. The summed E-state index contributed by atoms with van der Waals surface area (Å²) < 4.78 is 7.16. The van der Waals surface area contributed by atoms with Crippen molar-refractivity contribution in [1.82, 2.24) is 9.47 Å². The quantitative estimate of drug-likeness (QED) is 0.840.